The summed E-state index contributed by atoms with van der Waals surface area (Å²) in [7, 11) is 0. The number of H-pyrrole nitrogens is 1. The minimum atomic E-state index is -1.00. The molecule has 1 aliphatic heterocycles. The Morgan fingerprint density at radius 3 is 2.73 bits per heavy atom. The molecule has 1 saturated heterocycles. The molecule has 1 aliphatic carbocycles. The van der Waals surface area contributed by atoms with Gasteiger partial charge in [0.1, 0.15) is 11.6 Å². The van der Waals surface area contributed by atoms with Gasteiger partial charge in [-0.05, 0) is 50.2 Å². The van der Waals surface area contributed by atoms with E-state index in [2.05, 4.69) is 4.98 Å². The molecular weight excluding hydrogens is 284 g/mol. The Hall–Kier alpha value is -2.11. The smallest absolute Gasteiger partial charge is 0.326 e. The molecule has 0 unspecified atom stereocenters. The van der Waals surface area contributed by atoms with Gasteiger partial charge < -0.3 is 15.0 Å². The predicted molar refractivity (Wildman–Crippen MR) is 80.0 cm³/mol. The maximum Gasteiger partial charge on any atom is 0.326 e. The van der Waals surface area contributed by atoms with Crippen LogP contribution < -0.4 is 5.56 Å². The number of carbonyl (C=O) groups is 2. The van der Waals surface area contributed by atoms with Crippen LogP contribution in [0.3, 0.4) is 0 Å². The van der Waals surface area contributed by atoms with Crippen molar-refractivity contribution in [3.8, 4) is 0 Å². The quantitative estimate of drug-likeness (QED) is 0.807. The highest BCUT2D eigenvalue weighted by atomic mass is 16.4. The van der Waals surface area contributed by atoms with E-state index in [-0.39, 0.29) is 5.56 Å². The van der Waals surface area contributed by atoms with Crippen LogP contribution in [-0.4, -0.2) is 39.5 Å². The number of aromatic amines is 1. The number of amides is 1. The highest BCUT2D eigenvalue weighted by Crippen LogP contribution is 2.22. The van der Waals surface area contributed by atoms with Crippen LogP contribution in [-0.2, 0) is 17.6 Å². The second kappa shape index (κ2) is 5.94. The first kappa shape index (κ1) is 14.8. The van der Waals surface area contributed by atoms with Crippen LogP contribution in [0.5, 0.6) is 0 Å². The molecule has 2 aliphatic rings. The zero-order valence-electron chi connectivity index (χ0n) is 12.4. The normalized spacial score (nSPS) is 21.3. The van der Waals surface area contributed by atoms with E-state index in [0.29, 0.717) is 19.4 Å². The first-order valence-corrected chi connectivity index (χ1v) is 7.87. The van der Waals surface area contributed by atoms with Gasteiger partial charge in [0.15, 0.2) is 0 Å². The Bertz CT molecular complexity index is 665. The molecule has 118 valence electrons. The highest BCUT2D eigenvalue weighted by molar-refractivity contribution is 5.96. The van der Waals surface area contributed by atoms with Crippen LogP contribution in [0.2, 0.25) is 0 Å². The molecular formula is C16H20N2O4. The average molecular weight is 304 g/mol. The third-order valence-electron chi connectivity index (χ3n) is 4.62. The first-order chi connectivity index (χ1) is 10.6. The highest BCUT2D eigenvalue weighted by Gasteiger charge is 2.35. The zero-order valence-corrected chi connectivity index (χ0v) is 12.4. The Balaban J connectivity index is 1.94. The maximum atomic E-state index is 12.6. The van der Waals surface area contributed by atoms with E-state index in [1.54, 1.807) is 6.07 Å². The molecule has 1 amide bonds. The number of aliphatic carboxylic acids is 1. The lowest BCUT2D eigenvalue weighted by molar-refractivity contribution is -0.141. The van der Waals surface area contributed by atoms with Crippen molar-refractivity contribution in [2.45, 2.75) is 51.0 Å². The third kappa shape index (κ3) is 2.65. The van der Waals surface area contributed by atoms with E-state index >= 15 is 0 Å². The maximum absolute atomic E-state index is 12.6. The van der Waals surface area contributed by atoms with Gasteiger partial charge in [0, 0.05) is 12.2 Å². The lowest BCUT2D eigenvalue weighted by atomic mass is 10.1. The molecule has 3 rings (SSSR count). The number of fused-ring (bicyclic) bond motifs is 1. The summed E-state index contributed by atoms with van der Waals surface area (Å²) in [4.78, 5) is 40.2. The summed E-state index contributed by atoms with van der Waals surface area (Å²) in [6.45, 7) is 0.395. The van der Waals surface area contributed by atoms with E-state index in [4.69, 9.17) is 0 Å². The summed E-state index contributed by atoms with van der Waals surface area (Å²) < 4.78 is 0. The van der Waals surface area contributed by atoms with E-state index in [9.17, 15) is 19.5 Å². The van der Waals surface area contributed by atoms with Gasteiger partial charge in [-0.25, -0.2) is 4.79 Å². The van der Waals surface area contributed by atoms with Crippen molar-refractivity contribution >= 4 is 11.9 Å². The van der Waals surface area contributed by atoms with Crippen molar-refractivity contribution in [3.05, 3.63) is 33.2 Å². The molecule has 1 aromatic rings. The van der Waals surface area contributed by atoms with Crippen molar-refractivity contribution in [1.29, 1.82) is 0 Å². The van der Waals surface area contributed by atoms with E-state index in [1.165, 1.54) is 4.90 Å². The average Bonchev–Trinajstić information content (AvgIpc) is 2.87. The van der Waals surface area contributed by atoms with Crippen molar-refractivity contribution in [2.75, 3.05) is 6.54 Å². The molecule has 2 heterocycles. The fourth-order valence-electron chi connectivity index (χ4n) is 3.43. The number of carboxylic acids is 1. The largest absolute Gasteiger partial charge is 0.480 e. The number of hydrogen-bond donors (Lipinski definition) is 2. The molecule has 1 aromatic heterocycles. The fraction of sp³-hybridized carbons (Fsp3) is 0.562. The minimum Gasteiger partial charge on any atom is -0.480 e. The molecule has 0 bridgehead atoms. The standard InChI is InChI=1S/C16H20N2O4/c19-14-11(9-10-5-2-1-3-6-12(10)17-14)15(20)18-8-4-7-13(18)16(21)22/h9,13H,1-8H2,(H,17,19)(H,21,22)/t13-/m1/s1. The molecule has 2 N–H and O–H groups in total. The van der Waals surface area contributed by atoms with Crippen molar-refractivity contribution < 1.29 is 14.7 Å². The molecule has 22 heavy (non-hydrogen) atoms. The fourth-order valence-corrected chi connectivity index (χ4v) is 3.43. The number of pyridine rings is 1. The number of carboxylic acid groups (broad SMARTS) is 1. The Labute approximate surface area is 128 Å². The van der Waals surface area contributed by atoms with Crippen molar-refractivity contribution in [2.24, 2.45) is 0 Å². The van der Waals surface area contributed by atoms with Gasteiger partial charge in [-0.15, -0.1) is 0 Å². The van der Waals surface area contributed by atoms with Gasteiger partial charge >= 0.3 is 5.97 Å². The number of hydrogen-bond acceptors (Lipinski definition) is 3. The number of carbonyl (C=O) groups excluding carboxylic acids is 1. The molecule has 0 radical (unpaired) electrons. The molecule has 6 heteroatoms. The summed E-state index contributed by atoms with van der Waals surface area (Å²) in [6, 6.07) is 0.865. The number of nitrogens with zero attached hydrogens (tertiary/aromatic N) is 1. The second-order valence-corrected chi connectivity index (χ2v) is 6.07. The summed E-state index contributed by atoms with van der Waals surface area (Å²) >= 11 is 0. The molecule has 0 aromatic carbocycles. The summed E-state index contributed by atoms with van der Waals surface area (Å²) in [6.07, 6.45) is 6.01. The van der Waals surface area contributed by atoms with Gasteiger partial charge in [0.25, 0.3) is 11.5 Å². The zero-order chi connectivity index (χ0) is 15.7. The van der Waals surface area contributed by atoms with Crippen molar-refractivity contribution in [1.82, 2.24) is 9.88 Å². The topological polar surface area (TPSA) is 90.5 Å². The van der Waals surface area contributed by atoms with Gasteiger partial charge in [-0.1, -0.05) is 6.42 Å². The molecule has 1 fully saturated rings. The van der Waals surface area contributed by atoms with Crippen LogP contribution in [0.1, 0.15) is 53.7 Å². The van der Waals surface area contributed by atoms with Gasteiger partial charge in [-0.2, -0.15) is 0 Å². The van der Waals surface area contributed by atoms with Crippen LogP contribution in [0.15, 0.2) is 10.9 Å². The van der Waals surface area contributed by atoms with Gasteiger partial charge in [0.2, 0.25) is 0 Å². The molecule has 0 saturated carbocycles. The number of aryl methyl sites for hydroxylation is 2. The third-order valence-corrected chi connectivity index (χ3v) is 4.62. The molecule has 1 atom stereocenters. The second-order valence-electron chi connectivity index (χ2n) is 6.07. The van der Waals surface area contributed by atoms with E-state index in [0.717, 1.165) is 43.4 Å². The first-order valence-electron chi connectivity index (χ1n) is 7.87. The Morgan fingerprint density at radius 1 is 1.18 bits per heavy atom. The van der Waals surface area contributed by atoms with Crippen LogP contribution in [0.4, 0.5) is 0 Å². The summed E-state index contributed by atoms with van der Waals surface area (Å²) in [5.74, 6) is -1.46. The lowest BCUT2D eigenvalue weighted by Gasteiger charge is -2.21. The molecule has 6 nitrogen and oxygen atoms in total. The minimum absolute atomic E-state index is 0.0776. The van der Waals surface area contributed by atoms with Crippen LogP contribution in [0.25, 0.3) is 0 Å². The molecule has 0 spiro atoms. The Kier molecular flexibility index (Phi) is 4.00. The van der Waals surface area contributed by atoms with Crippen LogP contribution in [0, 0.1) is 0 Å². The van der Waals surface area contributed by atoms with Crippen LogP contribution >= 0.6 is 0 Å². The SMILES string of the molecule is O=C(O)[C@H]1CCCN1C(=O)c1cc2c([nH]c1=O)CCCCC2. The monoisotopic (exact) mass is 304 g/mol. The number of aromatic nitrogens is 1. The van der Waals surface area contributed by atoms with E-state index in [1.807, 2.05) is 0 Å². The lowest BCUT2D eigenvalue weighted by Crippen LogP contribution is -2.42. The van der Waals surface area contributed by atoms with Gasteiger partial charge in [0.05, 0.1) is 0 Å². The number of rotatable bonds is 2. The summed E-state index contributed by atoms with van der Waals surface area (Å²) in [5, 5.41) is 9.20. The number of likely N-dealkylation sites (tertiary alicyclic amines) is 1. The van der Waals surface area contributed by atoms with Crippen molar-refractivity contribution in [3.63, 3.8) is 0 Å². The number of nitrogens with one attached hydrogen (secondary N) is 1. The van der Waals surface area contributed by atoms with Gasteiger partial charge in [-0.3, -0.25) is 9.59 Å². The van der Waals surface area contributed by atoms with E-state index < -0.39 is 23.5 Å². The summed E-state index contributed by atoms with van der Waals surface area (Å²) in [5.41, 5.74) is 1.62. The predicted octanol–water partition coefficient (Wildman–Crippen LogP) is 1.33. The Morgan fingerprint density at radius 2 is 1.95 bits per heavy atom.